The molecule has 21 heavy (non-hydrogen) atoms. The standard InChI is InChI=1S/C13H23N3O2S3/c1-4-5-15-11-8-16(7-9(2)3)20-13-10(11)6-12(19-13)21(14,17)18/h6,9,11,15H,4-5,7-8H2,1-3H3,(H2,14,17,18)/t11-/m0/s1. The van der Waals surface area contributed by atoms with E-state index in [0.29, 0.717) is 5.92 Å². The molecule has 0 radical (unpaired) electrons. The van der Waals surface area contributed by atoms with Gasteiger partial charge in [-0.05, 0) is 42.5 Å². The number of fused-ring (bicyclic) bond motifs is 1. The number of thiophene rings is 1. The smallest absolute Gasteiger partial charge is 0.247 e. The number of nitrogens with two attached hydrogens (primary N) is 1. The summed E-state index contributed by atoms with van der Waals surface area (Å²) in [5.74, 6) is 0.573. The van der Waals surface area contributed by atoms with Gasteiger partial charge in [-0.25, -0.2) is 17.9 Å². The van der Waals surface area contributed by atoms with Crippen molar-refractivity contribution < 1.29 is 8.42 Å². The van der Waals surface area contributed by atoms with Gasteiger partial charge in [0.2, 0.25) is 10.0 Å². The van der Waals surface area contributed by atoms with Crippen LogP contribution < -0.4 is 10.5 Å². The Bertz CT molecular complexity index is 583. The average Bonchev–Trinajstić information content (AvgIpc) is 2.78. The number of hydrogen-bond donors (Lipinski definition) is 2. The molecule has 0 aromatic carbocycles. The lowest BCUT2D eigenvalue weighted by atomic mass is 10.1. The normalized spacial score (nSPS) is 20.0. The Kier molecular flexibility index (Phi) is 5.72. The fourth-order valence-corrected chi connectivity index (χ4v) is 6.01. The van der Waals surface area contributed by atoms with Crippen LogP contribution in [0.2, 0.25) is 0 Å². The molecule has 0 amide bonds. The van der Waals surface area contributed by atoms with Crippen LogP contribution >= 0.6 is 23.3 Å². The van der Waals surface area contributed by atoms with Gasteiger partial charge >= 0.3 is 0 Å². The van der Waals surface area contributed by atoms with E-state index in [1.165, 1.54) is 11.3 Å². The van der Waals surface area contributed by atoms with Crippen LogP contribution in [0.25, 0.3) is 0 Å². The molecule has 1 atom stereocenters. The predicted molar refractivity (Wildman–Crippen MR) is 89.0 cm³/mol. The van der Waals surface area contributed by atoms with E-state index in [2.05, 4.69) is 30.4 Å². The van der Waals surface area contributed by atoms with Gasteiger partial charge in [-0.1, -0.05) is 20.8 Å². The first kappa shape index (κ1) is 17.2. The number of nitrogens with zero attached hydrogens (tertiary/aromatic N) is 1. The summed E-state index contributed by atoms with van der Waals surface area (Å²) >= 11 is 2.93. The topological polar surface area (TPSA) is 75.4 Å². The highest BCUT2D eigenvalue weighted by Gasteiger charge is 2.30. The van der Waals surface area contributed by atoms with Crippen molar-refractivity contribution in [3.05, 3.63) is 11.6 Å². The number of nitrogens with one attached hydrogen (secondary N) is 1. The van der Waals surface area contributed by atoms with Crippen LogP contribution in [0.1, 0.15) is 38.8 Å². The Morgan fingerprint density at radius 1 is 1.52 bits per heavy atom. The number of primary sulfonamides is 1. The van der Waals surface area contributed by atoms with E-state index in [4.69, 9.17) is 5.14 Å². The summed E-state index contributed by atoms with van der Waals surface area (Å²) < 4.78 is 26.8. The number of sulfonamides is 1. The van der Waals surface area contributed by atoms with E-state index in [-0.39, 0.29) is 10.3 Å². The van der Waals surface area contributed by atoms with Crippen LogP contribution in [-0.4, -0.2) is 32.4 Å². The molecule has 5 nitrogen and oxygen atoms in total. The Hall–Kier alpha value is -0.120. The minimum absolute atomic E-state index is 0.173. The largest absolute Gasteiger partial charge is 0.309 e. The van der Waals surface area contributed by atoms with E-state index in [0.717, 1.165) is 35.8 Å². The molecule has 0 saturated heterocycles. The third kappa shape index (κ3) is 4.43. The second-order valence-corrected chi connectivity index (χ2v) is 9.90. The van der Waals surface area contributed by atoms with E-state index in [1.807, 2.05) is 0 Å². The van der Waals surface area contributed by atoms with Crippen molar-refractivity contribution in [2.75, 3.05) is 19.6 Å². The molecule has 1 aliphatic heterocycles. The molecule has 0 bridgehead atoms. The van der Waals surface area contributed by atoms with Crippen molar-refractivity contribution in [2.45, 2.75) is 41.7 Å². The van der Waals surface area contributed by atoms with Gasteiger partial charge in [-0.2, -0.15) is 0 Å². The quantitative estimate of drug-likeness (QED) is 0.772. The van der Waals surface area contributed by atoms with Gasteiger partial charge in [0.1, 0.15) is 4.21 Å². The highest BCUT2D eigenvalue weighted by molar-refractivity contribution is 7.99. The van der Waals surface area contributed by atoms with Crippen molar-refractivity contribution in [3.63, 3.8) is 0 Å². The highest BCUT2D eigenvalue weighted by Crippen LogP contribution is 2.43. The van der Waals surface area contributed by atoms with E-state index in [1.54, 1.807) is 18.0 Å². The molecule has 0 unspecified atom stereocenters. The van der Waals surface area contributed by atoms with Crippen molar-refractivity contribution in [1.82, 2.24) is 9.62 Å². The van der Waals surface area contributed by atoms with Gasteiger partial charge in [-0.3, -0.25) is 0 Å². The predicted octanol–water partition coefficient (Wildman–Crippen LogP) is 2.41. The monoisotopic (exact) mass is 349 g/mol. The molecule has 1 aliphatic rings. The third-order valence-electron chi connectivity index (χ3n) is 3.17. The highest BCUT2D eigenvalue weighted by atomic mass is 32.3. The molecule has 2 rings (SSSR count). The minimum atomic E-state index is -3.62. The first-order valence-electron chi connectivity index (χ1n) is 7.14. The summed E-state index contributed by atoms with van der Waals surface area (Å²) in [5, 5.41) is 8.78. The molecule has 0 aliphatic carbocycles. The summed E-state index contributed by atoms with van der Waals surface area (Å²) in [6.45, 7) is 9.29. The average molecular weight is 350 g/mol. The lowest BCUT2D eigenvalue weighted by molar-refractivity contribution is 0.344. The molecular formula is C13H23N3O2S3. The molecular weight excluding hydrogens is 326 g/mol. The molecule has 0 saturated carbocycles. The summed E-state index contributed by atoms with van der Waals surface area (Å²) in [6, 6.07) is 1.91. The van der Waals surface area contributed by atoms with Gasteiger partial charge in [0.15, 0.2) is 0 Å². The fourth-order valence-electron chi connectivity index (χ4n) is 2.29. The molecule has 2 heterocycles. The van der Waals surface area contributed by atoms with Crippen LogP contribution in [0, 0.1) is 5.92 Å². The Balaban J connectivity index is 2.28. The first-order valence-corrected chi connectivity index (χ1v) is 10.3. The van der Waals surface area contributed by atoms with Gasteiger partial charge in [-0.15, -0.1) is 11.3 Å². The summed E-state index contributed by atoms with van der Waals surface area (Å²) in [7, 11) is -3.62. The van der Waals surface area contributed by atoms with Crippen molar-refractivity contribution >= 4 is 33.3 Å². The van der Waals surface area contributed by atoms with Gasteiger partial charge in [0.05, 0.1) is 4.21 Å². The van der Waals surface area contributed by atoms with Gasteiger partial charge in [0.25, 0.3) is 0 Å². The van der Waals surface area contributed by atoms with Crippen molar-refractivity contribution in [3.8, 4) is 0 Å². The summed E-state index contributed by atoms with van der Waals surface area (Å²) in [4.78, 5) is 0. The zero-order chi connectivity index (χ0) is 15.6. The SMILES string of the molecule is CCCN[C@H]1CN(CC(C)C)Sc2sc(S(N)(=O)=O)cc21. The molecule has 1 aromatic heterocycles. The van der Waals surface area contributed by atoms with Gasteiger partial charge in [0, 0.05) is 19.1 Å². The van der Waals surface area contributed by atoms with Crippen molar-refractivity contribution in [1.29, 1.82) is 0 Å². The molecule has 1 aromatic rings. The molecule has 3 N–H and O–H groups in total. The van der Waals surface area contributed by atoms with Gasteiger partial charge < -0.3 is 5.32 Å². The summed E-state index contributed by atoms with van der Waals surface area (Å²) in [6.07, 6.45) is 1.05. The number of rotatable bonds is 6. The zero-order valence-corrected chi connectivity index (χ0v) is 15.1. The second-order valence-electron chi connectivity index (χ2n) is 5.69. The second kappa shape index (κ2) is 6.97. The van der Waals surface area contributed by atoms with Crippen LogP contribution in [-0.2, 0) is 10.0 Å². The van der Waals surface area contributed by atoms with E-state index >= 15 is 0 Å². The van der Waals surface area contributed by atoms with E-state index in [9.17, 15) is 8.42 Å². The fraction of sp³-hybridized carbons (Fsp3) is 0.692. The maximum absolute atomic E-state index is 11.6. The number of hydrogen-bond acceptors (Lipinski definition) is 6. The van der Waals surface area contributed by atoms with Crippen LogP contribution in [0.5, 0.6) is 0 Å². The maximum Gasteiger partial charge on any atom is 0.247 e. The summed E-state index contributed by atoms with van der Waals surface area (Å²) in [5.41, 5.74) is 1.07. The molecule has 120 valence electrons. The minimum Gasteiger partial charge on any atom is -0.309 e. The Morgan fingerprint density at radius 3 is 2.81 bits per heavy atom. The van der Waals surface area contributed by atoms with Crippen LogP contribution in [0.3, 0.4) is 0 Å². The molecule has 0 fully saturated rings. The van der Waals surface area contributed by atoms with Crippen LogP contribution in [0.15, 0.2) is 14.5 Å². The van der Waals surface area contributed by atoms with E-state index < -0.39 is 10.0 Å². The Labute approximate surface area is 135 Å². The lowest BCUT2D eigenvalue weighted by Crippen LogP contribution is -2.36. The zero-order valence-electron chi connectivity index (χ0n) is 12.6. The Morgan fingerprint density at radius 2 is 2.24 bits per heavy atom. The third-order valence-corrected chi connectivity index (χ3v) is 6.96. The maximum atomic E-state index is 11.6. The lowest BCUT2D eigenvalue weighted by Gasteiger charge is -2.33. The van der Waals surface area contributed by atoms with Crippen LogP contribution in [0.4, 0.5) is 0 Å². The molecule has 8 heteroatoms. The molecule has 0 spiro atoms. The first-order chi connectivity index (χ1) is 9.81. The van der Waals surface area contributed by atoms with Crippen molar-refractivity contribution in [2.24, 2.45) is 11.1 Å².